The van der Waals surface area contributed by atoms with E-state index in [4.69, 9.17) is 4.74 Å². The van der Waals surface area contributed by atoms with Gasteiger partial charge < -0.3 is 15.0 Å². The van der Waals surface area contributed by atoms with Crippen LogP contribution in [0.25, 0.3) is 0 Å². The number of hydrogen-bond donors (Lipinski definition) is 2. The van der Waals surface area contributed by atoms with Gasteiger partial charge in [-0.2, -0.15) is 5.10 Å². The number of anilines is 2. The molecule has 118 valence electrons. The SMILES string of the molecule is Cc1[nH]nc2c1[C@@H](c1ccc(N(C)C)cc1)C1=C(COC1=O)N2. The van der Waals surface area contributed by atoms with Gasteiger partial charge in [0.05, 0.1) is 11.3 Å². The first kappa shape index (κ1) is 13.9. The van der Waals surface area contributed by atoms with E-state index in [1.165, 1.54) is 0 Å². The smallest absolute Gasteiger partial charge is 0.337 e. The van der Waals surface area contributed by atoms with Crippen LogP contribution in [0.3, 0.4) is 0 Å². The fourth-order valence-electron chi connectivity index (χ4n) is 3.28. The Morgan fingerprint density at radius 1 is 1.26 bits per heavy atom. The Hall–Kier alpha value is -2.76. The number of H-pyrrole nitrogens is 1. The summed E-state index contributed by atoms with van der Waals surface area (Å²) in [6.07, 6.45) is 0. The highest BCUT2D eigenvalue weighted by Gasteiger charge is 2.40. The molecular weight excluding hydrogens is 292 g/mol. The highest BCUT2D eigenvalue weighted by atomic mass is 16.5. The predicted octanol–water partition coefficient (Wildman–Crippen LogP) is 2.15. The Morgan fingerprint density at radius 2 is 2.00 bits per heavy atom. The van der Waals surface area contributed by atoms with Crippen molar-refractivity contribution in [1.82, 2.24) is 10.2 Å². The van der Waals surface area contributed by atoms with E-state index in [0.717, 1.165) is 34.0 Å². The van der Waals surface area contributed by atoms with Crippen molar-refractivity contribution in [2.75, 3.05) is 30.9 Å². The second kappa shape index (κ2) is 4.87. The lowest BCUT2D eigenvalue weighted by Crippen LogP contribution is -2.20. The number of cyclic esters (lactones) is 1. The van der Waals surface area contributed by atoms with Crippen LogP contribution in [0.15, 0.2) is 35.5 Å². The number of carbonyl (C=O) groups is 1. The molecule has 1 aromatic heterocycles. The molecule has 4 rings (SSSR count). The number of hydrogen-bond acceptors (Lipinski definition) is 5. The maximum Gasteiger partial charge on any atom is 0.337 e. The van der Waals surface area contributed by atoms with E-state index in [1.807, 2.05) is 21.0 Å². The van der Waals surface area contributed by atoms with E-state index in [9.17, 15) is 4.79 Å². The molecule has 2 N–H and O–H groups in total. The number of aryl methyl sites for hydroxylation is 1. The zero-order valence-electron chi connectivity index (χ0n) is 13.3. The molecule has 0 spiro atoms. The normalized spacial score (nSPS) is 19.1. The number of rotatable bonds is 2. The third-order valence-corrected chi connectivity index (χ3v) is 4.48. The molecule has 3 heterocycles. The Bertz CT molecular complexity index is 818. The second-order valence-corrected chi connectivity index (χ2v) is 6.12. The lowest BCUT2D eigenvalue weighted by atomic mass is 9.82. The van der Waals surface area contributed by atoms with Crippen LogP contribution in [0.5, 0.6) is 0 Å². The molecule has 1 aromatic carbocycles. The molecule has 6 nitrogen and oxygen atoms in total. The number of fused-ring (bicyclic) bond motifs is 1. The standard InChI is InChI=1S/C17H18N4O2/c1-9-13-14(10-4-6-11(7-5-10)21(2)3)15-12(8-23-17(15)22)18-16(13)20-19-9/h4-7,14H,8H2,1-3H3,(H2,18,19,20)/t14-/m1/s1. The van der Waals surface area contributed by atoms with E-state index >= 15 is 0 Å². The summed E-state index contributed by atoms with van der Waals surface area (Å²) in [5.74, 6) is 0.382. The van der Waals surface area contributed by atoms with Crippen LogP contribution < -0.4 is 10.2 Å². The van der Waals surface area contributed by atoms with Crippen LogP contribution in [0.4, 0.5) is 11.5 Å². The Morgan fingerprint density at radius 3 is 2.70 bits per heavy atom. The number of ether oxygens (including phenoxy) is 1. The van der Waals surface area contributed by atoms with Gasteiger partial charge in [0.2, 0.25) is 0 Å². The second-order valence-electron chi connectivity index (χ2n) is 6.12. The lowest BCUT2D eigenvalue weighted by molar-refractivity contribution is -0.136. The van der Waals surface area contributed by atoms with Gasteiger partial charge in [-0.25, -0.2) is 4.79 Å². The van der Waals surface area contributed by atoms with Gasteiger partial charge in [-0.3, -0.25) is 5.10 Å². The molecule has 6 heteroatoms. The van der Waals surface area contributed by atoms with Crippen LogP contribution >= 0.6 is 0 Å². The first-order chi connectivity index (χ1) is 11.1. The summed E-state index contributed by atoms with van der Waals surface area (Å²) in [7, 11) is 4.01. The monoisotopic (exact) mass is 310 g/mol. The largest absolute Gasteiger partial charge is 0.456 e. The van der Waals surface area contributed by atoms with Crippen molar-refractivity contribution < 1.29 is 9.53 Å². The highest BCUT2D eigenvalue weighted by Crippen LogP contribution is 2.44. The maximum absolute atomic E-state index is 12.3. The van der Waals surface area contributed by atoms with Crippen molar-refractivity contribution in [3.05, 3.63) is 52.4 Å². The molecule has 2 aliphatic heterocycles. The van der Waals surface area contributed by atoms with Crippen molar-refractivity contribution in [3.8, 4) is 0 Å². The molecular formula is C17H18N4O2. The number of nitrogens with one attached hydrogen (secondary N) is 2. The summed E-state index contributed by atoms with van der Waals surface area (Å²) >= 11 is 0. The zero-order valence-corrected chi connectivity index (χ0v) is 13.3. The van der Waals surface area contributed by atoms with Gasteiger partial charge in [0.1, 0.15) is 6.61 Å². The highest BCUT2D eigenvalue weighted by molar-refractivity contribution is 5.97. The molecule has 0 saturated heterocycles. The molecule has 2 aliphatic rings. The first-order valence-corrected chi connectivity index (χ1v) is 7.55. The van der Waals surface area contributed by atoms with Crippen LogP contribution in [0.1, 0.15) is 22.7 Å². The molecule has 0 amide bonds. The molecule has 2 aromatic rings. The van der Waals surface area contributed by atoms with E-state index in [0.29, 0.717) is 5.57 Å². The third kappa shape index (κ3) is 2.02. The quantitative estimate of drug-likeness (QED) is 0.832. The fraction of sp³-hybridized carbons (Fsp3) is 0.294. The number of carbonyl (C=O) groups excluding carboxylic acids is 1. The van der Waals surface area contributed by atoms with Gasteiger partial charge in [0.15, 0.2) is 5.82 Å². The minimum absolute atomic E-state index is 0.147. The van der Waals surface area contributed by atoms with Crippen molar-refractivity contribution in [3.63, 3.8) is 0 Å². The van der Waals surface area contributed by atoms with E-state index < -0.39 is 0 Å². The Labute approximate surface area is 134 Å². The van der Waals surface area contributed by atoms with Crippen LogP contribution in [-0.2, 0) is 9.53 Å². The van der Waals surface area contributed by atoms with Gasteiger partial charge in [-0.1, -0.05) is 12.1 Å². The number of benzene rings is 1. The summed E-state index contributed by atoms with van der Waals surface area (Å²) in [5, 5.41) is 10.6. The Balaban J connectivity index is 1.86. The number of aromatic nitrogens is 2. The lowest BCUT2D eigenvalue weighted by Gasteiger charge is -2.24. The van der Waals surface area contributed by atoms with Gasteiger partial charge in [-0.05, 0) is 24.6 Å². The molecule has 0 bridgehead atoms. The van der Waals surface area contributed by atoms with Gasteiger partial charge in [0.25, 0.3) is 0 Å². The van der Waals surface area contributed by atoms with Gasteiger partial charge in [0, 0.05) is 37.0 Å². The number of esters is 1. The number of nitrogens with zero attached hydrogens (tertiary/aromatic N) is 2. The van der Waals surface area contributed by atoms with Crippen molar-refractivity contribution >= 4 is 17.5 Å². The number of aromatic amines is 1. The van der Waals surface area contributed by atoms with Crippen molar-refractivity contribution in [2.45, 2.75) is 12.8 Å². The zero-order chi connectivity index (χ0) is 16.1. The first-order valence-electron chi connectivity index (χ1n) is 7.55. The summed E-state index contributed by atoms with van der Waals surface area (Å²) in [5.41, 5.74) is 5.67. The molecule has 23 heavy (non-hydrogen) atoms. The summed E-state index contributed by atoms with van der Waals surface area (Å²) in [6.45, 7) is 2.26. The topological polar surface area (TPSA) is 70.2 Å². The maximum atomic E-state index is 12.3. The molecule has 1 atom stereocenters. The predicted molar refractivity (Wildman–Crippen MR) is 87.5 cm³/mol. The van der Waals surface area contributed by atoms with Gasteiger partial charge >= 0.3 is 5.97 Å². The average molecular weight is 310 g/mol. The summed E-state index contributed by atoms with van der Waals surface area (Å²) in [4.78, 5) is 14.3. The summed E-state index contributed by atoms with van der Waals surface area (Å²) in [6, 6.07) is 8.26. The van der Waals surface area contributed by atoms with E-state index in [2.05, 4.69) is 44.7 Å². The van der Waals surface area contributed by atoms with Crippen LogP contribution in [0.2, 0.25) is 0 Å². The summed E-state index contributed by atoms with van der Waals surface area (Å²) < 4.78 is 5.23. The minimum Gasteiger partial charge on any atom is -0.456 e. The Kier molecular flexibility index (Phi) is 2.94. The van der Waals surface area contributed by atoms with E-state index in [-0.39, 0.29) is 18.5 Å². The molecule has 0 unspecified atom stereocenters. The molecule has 0 radical (unpaired) electrons. The fourth-order valence-corrected chi connectivity index (χ4v) is 3.28. The molecule has 0 saturated carbocycles. The molecule has 0 aliphatic carbocycles. The third-order valence-electron chi connectivity index (χ3n) is 4.48. The van der Waals surface area contributed by atoms with Crippen molar-refractivity contribution in [2.24, 2.45) is 0 Å². The van der Waals surface area contributed by atoms with E-state index in [1.54, 1.807) is 0 Å². The van der Waals surface area contributed by atoms with Gasteiger partial charge in [-0.15, -0.1) is 0 Å². The minimum atomic E-state index is -0.250. The van der Waals surface area contributed by atoms with Crippen LogP contribution in [0, 0.1) is 6.92 Å². The van der Waals surface area contributed by atoms with Crippen LogP contribution in [-0.4, -0.2) is 36.9 Å². The average Bonchev–Trinajstić information content (AvgIpc) is 3.10. The van der Waals surface area contributed by atoms with Crippen molar-refractivity contribution in [1.29, 1.82) is 0 Å². The molecule has 0 fully saturated rings.